The summed E-state index contributed by atoms with van der Waals surface area (Å²) in [5.41, 5.74) is 5.89. The van der Waals surface area contributed by atoms with Crippen molar-refractivity contribution >= 4 is 11.6 Å². The number of carbonyl (C=O) groups excluding carboxylic acids is 2. The molecule has 0 saturated heterocycles. The molecule has 0 aliphatic carbocycles. The summed E-state index contributed by atoms with van der Waals surface area (Å²) >= 11 is 0. The third-order valence-corrected chi connectivity index (χ3v) is 5.47. The van der Waals surface area contributed by atoms with Gasteiger partial charge in [0.25, 0.3) is 0 Å². The Morgan fingerprint density at radius 1 is 0.929 bits per heavy atom. The minimum Gasteiger partial charge on any atom is -0.299 e. The highest BCUT2D eigenvalue weighted by atomic mass is 16.1. The molecule has 2 heteroatoms. The SMILES string of the molecule is CCC(C)CC(=O)Cc1ccc(C)c(CCCC(=O)Cc2cccc(C)c2)c1. The van der Waals surface area contributed by atoms with Gasteiger partial charge in [-0.2, -0.15) is 0 Å². The standard InChI is InChI=1S/C26H34O2/c1-5-19(2)15-26(28)18-23-13-12-21(4)24(16-23)10-7-11-25(27)17-22-9-6-8-20(3)14-22/h6,8-9,12-14,16,19H,5,7,10-11,15,17-18H2,1-4H3. The summed E-state index contributed by atoms with van der Waals surface area (Å²) in [6.07, 6.45) is 5.09. The van der Waals surface area contributed by atoms with E-state index in [4.69, 9.17) is 0 Å². The van der Waals surface area contributed by atoms with Gasteiger partial charge in [0.05, 0.1) is 0 Å². The molecule has 0 saturated carbocycles. The summed E-state index contributed by atoms with van der Waals surface area (Å²) in [6, 6.07) is 14.5. The van der Waals surface area contributed by atoms with Gasteiger partial charge in [-0.25, -0.2) is 0 Å². The maximum absolute atomic E-state index is 12.3. The molecule has 0 fully saturated rings. The summed E-state index contributed by atoms with van der Waals surface area (Å²) in [5, 5.41) is 0. The van der Waals surface area contributed by atoms with Gasteiger partial charge in [0.1, 0.15) is 11.6 Å². The molecule has 2 aromatic carbocycles. The minimum atomic E-state index is 0.295. The third kappa shape index (κ3) is 7.42. The molecule has 0 heterocycles. The Morgan fingerprint density at radius 3 is 2.36 bits per heavy atom. The van der Waals surface area contributed by atoms with Gasteiger partial charge < -0.3 is 0 Å². The molecule has 1 unspecified atom stereocenters. The number of Topliss-reactive ketones (excluding diaryl/α,β-unsaturated/α-hetero) is 2. The first-order valence-electron chi connectivity index (χ1n) is 10.5. The maximum atomic E-state index is 12.3. The van der Waals surface area contributed by atoms with Crippen molar-refractivity contribution in [1.82, 2.24) is 0 Å². The first kappa shape index (κ1) is 22.1. The lowest BCUT2D eigenvalue weighted by molar-refractivity contribution is -0.119. The van der Waals surface area contributed by atoms with Crippen molar-refractivity contribution in [3.63, 3.8) is 0 Å². The van der Waals surface area contributed by atoms with Gasteiger partial charge in [-0.05, 0) is 54.9 Å². The highest BCUT2D eigenvalue weighted by Crippen LogP contribution is 2.17. The van der Waals surface area contributed by atoms with E-state index < -0.39 is 0 Å². The van der Waals surface area contributed by atoms with Crippen LogP contribution in [0.15, 0.2) is 42.5 Å². The summed E-state index contributed by atoms with van der Waals surface area (Å²) in [5.74, 6) is 1.07. The second-order valence-electron chi connectivity index (χ2n) is 8.25. The Labute approximate surface area is 170 Å². The van der Waals surface area contributed by atoms with E-state index in [9.17, 15) is 9.59 Å². The number of benzene rings is 2. The van der Waals surface area contributed by atoms with Crippen LogP contribution in [0.25, 0.3) is 0 Å². The van der Waals surface area contributed by atoms with E-state index in [0.29, 0.717) is 43.2 Å². The largest absolute Gasteiger partial charge is 0.299 e. The van der Waals surface area contributed by atoms with Crippen LogP contribution in [0.2, 0.25) is 0 Å². The Morgan fingerprint density at radius 2 is 1.64 bits per heavy atom. The van der Waals surface area contributed by atoms with Gasteiger partial charge in [-0.15, -0.1) is 0 Å². The van der Waals surface area contributed by atoms with Crippen LogP contribution in [0.5, 0.6) is 0 Å². The Balaban J connectivity index is 1.86. The van der Waals surface area contributed by atoms with Crippen LogP contribution in [0.1, 0.15) is 67.3 Å². The van der Waals surface area contributed by atoms with E-state index in [1.807, 2.05) is 12.1 Å². The van der Waals surface area contributed by atoms with Crippen LogP contribution in [-0.4, -0.2) is 11.6 Å². The van der Waals surface area contributed by atoms with Crippen LogP contribution in [-0.2, 0) is 28.9 Å². The molecule has 0 radical (unpaired) electrons. The molecule has 0 spiro atoms. The maximum Gasteiger partial charge on any atom is 0.137 e. The molecular formula is C26H34O2. The van der Waals surface area contributed by atoms with Gasteiger partial charge >= 0.3 is 0 Å². The lowest BCUT2D eigenvalue weighted by Crippen LogP contribution is -2.08. The molecular weight excluding hydrogens is 344 g/mol. The zero-order chi connectivity index (χ0) is 20.5. The highest BCUT2D eigenvalue weighted by molar-refractivity contribution is 5.81. The monoisotopic (exact) mass is 378 g/mol. The van der Waals surface area contributed by atoms with Crippen LogP contribution in [0.3, 0.4) is 0 Å². The van der Waals surface area contributed by atoms with Crippen molar-refractivity contribution in [3.8, 4) is 0 Å². The fourth-order valence-corrected chi connectivity index (χ4v) is 3.55. The molecule has 0 N–H and O–H groups in total. The summed E-state index contributed by atoms with van der Waals surface area (Å²) in [7, 11) is 0. The van der Waals surface area contributed by atoms with Crippen LogP contribution < -0.4 is 0 Å². The van der Waals surface area contributed by atoms with Gasteiger partial charge in [-0.3, -0.25) is 9.59 Å². The predicted octanol–water partition coefficient (Wildman–Crippen LogP) is 5.99. The number of ketones is 2. The Bertz CT molecular complexity index is 804. The molecule has 2 aromatic rings. The molecule has 0 bridgehead atoms. The number of carbonyl (C=O) groups is 2. The Hall–Kier alpha value is -2.22. The minimum absolute atomic E-state index is 0.295. The summed E-state index contributed by atoms with van der Waals surface area (Å²) in [6.45, 7) is 8.42. The molecule has 0 aliphatic heterocycles. The van der Waals surface area contributed by atoms with Crippen molar-refractivity contribution < 1.29 is 9.59 Å². The van der Waals surface area contributed by atoms with Crippen LogP contribution in [0.4, 0.5) is 0 Å². The Kier molecular flexibility index (Phi) is 8.63. The summed E-state index contributed by atoms with van der Waals surface area (Å²) in [4.78, 5) is 24.5. The molecule has 2 nitrogen and oxygen atoms in total. The quantitative estimate of drug-likeness (QED) is 0.481. The van der Waals surface area contributed by atoms with Gasteiger partial charge in [0, 0.05) is 25.7 Å². The number of aryl methyl sites for hydroxylation is 3. The molecule has 2 rings (SSSR count). The second-order valence-corrected chi connectivity index (χ2v) is 8.25. The van der Waals surface area contributed by atoms with Crippen molar-refractivity contribution in [1.29, 1.82) is 0 Å². The lowest BCUT2D eigenvalue weighted by Gasteiger charge is -2.10. The number of rotatable bonds is 11. The molecule has 150 valence electrons. The fourth-order valence-electron chi connectivity index (χ4n) is 3.55. The first-order valence-corrected chi connectivity index (χ1v) is 10.5. The van der Waals surface area contributed by atoms with E-state index in [1.165, 1.54) is 16.7 Å². The van der Waals surface area contributed by atoms with E-state index in [1.54, 1.807) is 0 Å². The van der Waals surface area contributed by atoms with Gasteiger partial charge in [0.2, 0.25) is 0 Å². The van der Waals surface area contributed by atoms with E-state index in [-0.39, 0.29) is 0 Å². The molecule has 0 amide bonds. The lowest BCUT2D eigenvalue weighted by atomic mass is 9.94. The topological polar surface area (TPSA) is 34.1 Å². The molecule has 1 atom stereocenters. The van der Waals surface area contributed by atoms with E-state index in [0.717, 1.165) is 30.4 Å². The van der Waals surface area contributed by atoms with Gasteiger partial charge in [-0.1, -0.05) is 68.3 Å². The van der Waals surface area contributed by atoms with E-state index >= 15 is 0 Å². The zero-order valence-corrected chi connectivity index (χ0v) is 17.9. The average Bonchev–Trinajstić information content (AvgIpc) is 2.64. The van der Waals surface area contributed by atoms with E-state index in [2.05, 4.69) is 58.0 Å². The zero-order valence-electron chi connectivity index (χ0n) is 17.9. The first-order chi connectivity index (χ1) is 13.4. The molecule has 28 heavy (non-hydrogen) atoms. The van der Waals surface area contributed by atoms with Crippen molar-refractivity contribution in [2.45, 2.75) is 72.6 Å². The average molecular weight is 379 g/mol. The highest BCUT2D eigenvalue weighted by Gasteiger charge is 2.10. The van der Waals surface area contributed by atoms with Crippen molar-refractivity contribution in [2.75, 3.05) is 0 Å². The summed E-state index contributed by atoms with van der Waals surface area (Å²) < 4.78 is 0. The number of hydrogen-bond acceptors (Lipinski definition) is 2. The van der Waals surface area contributed by atoms with Gasteiger partial charge in [0.15, 0.2) is 0 Å². The molecule has 0 aliphatic rings. The third-order valence-electron chi connectivity index (χ3n) is 5.47. The van der Waals surface area contributed by atoms with Crippen molar-refractivity contribution in [3.05, 3.63) is 70.3 Å². The normalized spacial score (nSPS) is 12.0. The molecule has 0 aromatic heterocycles. The number of hydrogen-bond donors (Lipinski definition) is 0. The van der Waals surface area contributed by atoms with Crippen molar-refractivity contribution in [2.24, 2.45) is 5.92 Å². The fraction of sp³-hybridized carbons (Fsp3) is 0.462. The smallest absolute Gasteiger partial charge is 0.137 e. The van der Waals surface area contributed by atoms with Crippen LogP contribution >= 0.6 is 0 Å². The predicted molar refractivity (Wildman–Crippen MR) is 117 cm³/mol. The van der Waals surface area contributed by atoms with Crippen LogP contribution in [0, 0.1) is 19.8 Å². The second kappa shape index (κ2) is 10.9.